The maximum atomic E-state index is 13.0. The molecule has 3 rings (SSSR count). The van der Waals surface area contributed by atoms with Crippen molar-refractivity contribution in [1.82, 2.24) is 0 Å². The number of hydrogen-bond donors (Lipinski definition) is 0. The van der Waals surface area contributed by atoms with Gasteiger partial charge in [-0.05, 0) is 0 Å². The zero-order valence-electron chi connectivity index (χ0n) is 12.7. The van der Waals surface area contributed by atoms with Gasteiger partial charge in [-0.2, -0.15) is 0 Å². The average molecular weight is 367 g/mol. The number of hydrogen-bond acceptors (Lipinski definition) is 2. The minimum atomic E-state index is 0.0101. The van der Waals surface area contributed by atoms with Crippen molar-refractivity contribution in [2.45, 2.75) is 0 Å². The molecule has 3 aromatic rings. The molecule has 0 aliphatic rings. The normalized spacial score (nSPS) is 10.3. The Hall–Kier alpha value is -2.35. The van der Waals surface area contributed by atoms with Crippen LogP contribution in [0.3, 0.4) is 0 Å². The first-order chi connectivity index (χ1) is 11.3. The fourth-order valence-electron chi connectivity index (χ4n) is 2.34. The van der Waals surface area contributed by atoms with Crippen molar-refractivity contribution in [2.75, 3.05) is 7.11 Å². The van der Waals surface area contributed by atoms with E-state index in [4.69, 9.17) is 4.74 Å². The van der Waals surface area contributed by atoms with Crippen LogP contribution in [0, 0.1) is 0 Å². The zero-order valence-corrected chi connectivity index (χ0v) is 14.4. The molecule has 2 nitrogen and oxygen atoms in total. The van der Waals surface area contributed by atoms with Gasteiger partial charge >= 0.3 is 142 Å². The molecular formula is C20H16O2Se. The maximum absolute atomic E-state index is 13.0. The molecular weight excluding hydrogens is 351 g/mol. The van der Waals surface area contributed by atoms with E-state index in [1.165, 1.54) is 4.46 Å². The predicted molar refractivity (Wildman–Crippen MR) is 94.3 cm³/mol. The van der Waals surface area contributed by atoms with Crippen LogP contribution in [0.2, 0.25) is 0 Å². The molecule has 0 saturated carbocycles. The Bertz CT molecular complexity index is 798. The number of ether oxygens (including phenoxy) is 1. The Morgan fingerprint density at radius 1 is 0.826 bits per heavy atom. The number of benzene rings is 3. The molecule has 0 N–H and O–H groups in total. The summed E-state index contributed by atoms with van der Waals surface area (Å²) in [6.45, 7) is 0. The van der Waals surface area contributed by atoms with Crippen LogP contribution < -0.4 is 13.7 Å². The van der Waals surface area contributed by atoms with Crippen LogP contribution in [0.5, 0.6) is 5.75 Å². The standard InChI is InChI=1S/C20H16O2Se/c1-22-17-13-8-14-18(23-16-11-6-3-7-12-16)19(17)20(21)15-9-4-2-5-10-15/h2-14H,1H3. The molecule has 0 spiro atoms. The molecule has 0 heterocycles. The van der Waals surface area contributed by atoms with Gasteiger partial charge in [-0.1, -0.05) is 0 Å². The van der Waals surface area contributed by atoms with Gasteiger partial charge in [-0.15, -0.1) is 0 Å². The van der Waals surface area contributed by atoms with Crippen molar-refractivity contribution < 1.29 is 9.53 Å². The van der Waals surface area contributed by atoms with Gasteiger partial charge in [-0.25, -0.2) is 0 Å². The third-order valence-corrected chi connectivity index (χ3v) is 5.68. The summed E-state index contributed by atoms with van der Waals surface area (Å²) < 4.78 is 7.73. The van der Waals surface area contributed by atoms with Gasteiger partial charge in [0, 0.05) is 0 Å². The molecule has 0 radical (unpaired) electrons. The molecule has 0 saturated heterocycles. The summed E-state index contributed by atoms with van der Waals surface area (Å²) in [6, 6.07) is 25.4. The van der Waals surface area contributed by atoms with E-state index in [-0.39, 0.29) is 20.7 Å². The number of rotatable bonds is 5. The van der Waals surface area contributed by atoms with Gasteiger partial charge < -0.3 is 0 Å². The van der Waals surface area contributed by atoms with Gasteiger partial charge in [0.05, 0.1) is 0 Å². The second kappa shape index (κ2) is 7.28. The van der Waals surface area contributed by atoms with Gasteiger partial charge in [0.1, 0.15) is 0 Å². The molecule has 0 aliphatic heterocycles. The van der Waals surface area contributed by atoms with E-state index in [0.717, 1.165) is 4.46 Å². The van der Waals surface area contributed by atoms with Crippen molar-refractivity contribution in [1.29, 1.82) is 0 Å². The number of methoxy groups -OCH3 is 1. The molecule has 0 atom stereocenters. The SMILES string of the molecule is COc1cccc([Se]c2ccccc2)c1C(=O)c1ccccc1. The van der Waals surface area contributed by atoms with E-state index < -0.39 is 0 Å². The summed E-state index contributed by atoms with van der Waals surface area (Å²) in [4.78, 5) is 13.0. The third kappa shape index (κ3) is 3.53. The summed E-state index contributed by atoms with van der Waals surface area (Å²) >= 11 is 0.0512. The Morgan fingerprint density at radius 3 is 2.13 bits per heavy atom. The van der Waals surface area contributed by atoms with Crippen molar-refractivity contribution >= 4 is 29.7 Å². The Labute approximate surface area is 142 Å². The predicted octanol–water partition coefficient (Wildman–Crippen LogP) is 2.58. The molecule has 0 amide bonds. The molecule has 0 aromatic heterocycles. The average Bonchev–Trinajstić information content (AvgIpc) is 2.62. The quantitative estimate of drug-likeness (QED) is 0.512. The van der Waals surface area contributed by atoms with Crippen LogP contribution in [0.4, 0.5) is 0 Å². The molecule has 0 bridgehead atoms. The van der Waals surface area contributed by atoms with Crippen LogP contribution in [0.15, 0.2) is 78.9 Å². The van der Waals surface area contributed by atoms with E-state index >= 15 is 0 Å². The molecule has 3 aromatic carbocycles. The zero-order chi connectivity index (χ0) is 16.1. The first kappa shape index (κ1) is 15.5. The number of ketones is 1. The fraction of sp³-hybridized carbons (Fsp3) is 0.0500. The summed E-state index contributed by atoms with van der Waals surface area (Å²) in [7, 11) is 1.61. The van der Waals surface area contributed by atoms with Crippen LogP contribution >= 0.6 is 0 Å². The summed E-state index contributed by atoms with van der Waals surface area (Å²) in [5.41, 5.74) is 1.35. The van der Waals surface area contributed by atoms with Crippen molar-refractivity contribution in [2.24, 2.45) is 0 Å². The van der Waals surface area contributed by atoms with Gasteiger partial charge in [0.25, 0.3) is 0 Å². The fourth-order valence-corrected chi connectivity index (χ4v) is 4.41. The second-order valence-corrected chi connectivity index (χ2v) is 7.28. The van der Waals surface area contributed by atoms with Crippen LogP contribution in [-0.4, -0.2) is 27.8 Å². The molecule has 23 heavy (non-hydrogen) atoms. The van der Waals surface area contributed by atoms with E-state index in [2.05, 4.69) is 12.1 Å². The summed E-state index contributed by atoms with van der Waals surface area (Å²) in [5, 5.41) is 0. The van der Waals surface area contributed by atoms with Crippen LogP contribution in [-0.2, 0) is 0 Å². The number of carbonyl (C=O) groups is 1. The van der Waals surface area contributed by atoms with Crippen molar-refractivity contribution in [3.05, 3.63) is 90.0 Å². The second-order valence-electron chi connectivity index (χ2n) is 4.94. The van der Waals surface area contributed by atoms with E-state index in [9.17, 15) is 4.79 Å². The monoisotopic (exact) mass is 368 g/mol. The third-order valence-electron chi connectivity index (χ3n) is 3.44. The first-order valence-corrected chi connectivity index (χ1v) is 9.00. The van der Waals surface area contributed by atoms with Gasteiger partial charge in [0.2, 0.25) is 0 Å². The summed E-state index contributed by atoms with van der Waals surface area (Å²) in [5.74, 6) is 0.644. The van der Waals surface area contributed by atoms with E-state index in [1.807, 2.05) is 66.7 Å². The first-order valence-electron chi connectivity index (χ1n) is 7.29. The molecule has 114 valence electrons. The molecule has 0 unspecified atom stereocenters. The Morgan fingerprint density at radius 2 is 1.48 bits per heavy atom. The van der Waals surface area contributed by atoms with Crippen LogP contribution in [0.1, 0.15) is 15.9 Å². The van der Waals surface area contributed by atoms with Gasteiger partial charge in [-0.3, -0.25) is 0 Å². The number of carbonyl (C=O) groups excluding carboxylic acids is 1. The molecule has 3 heteroatoms. The Balaban J connectivity index is 2.05. The van der Waals surface area contributed by atoms with E-state index in [0.29, 0.717) is 16.9 Å². The summed E-state index contributed by atoms with van der Waals surface area (Å²) in [6.07, 6.45) is 0. The molecule has 0 aliphatic carbocycles. The van der Waals surface area contributed by atoms with Crippen molar-refractivity contribution in [3.63, 3.8) is 0 Å². The van der Waals surface area contributed by atoms with E-state index in [1.54, 1.807) is 7.11 Å². The van der Waals surface area contributed by atoms with Crippen molar-refractivity contribution in [3.8, 4) is 5.75 Å². The van der Waals surface area contributed by atoms with Crippen LogP contribution in [0.25, 0.3) is 0 Å². The minimum absolute atomic E-state index is 0.0101. The Kier molecular flexibility index (Phi) is 4.92. The van der Waals surface area contributed by atoms with Gasteiger partial charge in [0.15, 0.2) is 0 Å². The molecule has 0 fully saturated rings. The topological polar surface area (TPSA) is 26.3 Å².